The van der Waals surface area contributed by atoms with Gasteiger partial charge in [0.05, 0.1) is 0 Å². The summed E-state index contributed by atoms with van der Waals surface area (Å²) in [6.45, 7) is 2.74. The van der Waals surface area contributed by atoms with Gasteiger partial charge in [0.15, 0.2) is 6.29 Å². The van der Waals surface area contributed by atoms with Crippen LogP contribution in [0.25, 0.3) is 0 Å². The van der Waals surface area contributed by atoms with Crippen molar-refractivity contribution in [1.82, 2.24) is 0 Å². The Labute approximate surface area is 98.1 Å². The van der Waals surface area contributed by atoms with Crippen molar-refractivity contribution in [2.75, 3.05) is 20.8 Å². The second-order valence-corrected chi connectivity index (χ2v) is 5.03. The summed E-state index contributed by atoms with van der Waals surface area (Å²) < 4.78 is 10.3. The van der Waals surface area contributed by atoms with E-state index in [2.05, 4.69) is 6.92 Å². The Morgan fingerprint density at radius 1 is 1.31 bits per heavy atom. The standard InChI is InChI=1S/C12H25NO3/c1-9-4-6-12(8-13,7-5-9)10(14)11(15-2)16-3/h9-11,14H,4-8,13H2,1-3H3. The largest absolute Gasteiger partial charge is 0.387 e. The Kier molecular flexibility index (Phi) is 5.18. The lowest BCUT2D eigenvalue weighted by Gasteiger charge is -2.43. The highest BCUT2D eigenvalue weighted by molar-refractivity contribution is 4.92. The highest BCUT2D eigenvalue weighted by Crippen LogP contribution is 2.42. The van der Waals surface area contributed by atoms with E-state index in [0.717, 1.165) is 31.6 Å². The van der Waals surface area contributed by atoms with Crippen molar-refractivity contribution < 1.29 is 14.6 Å². The zero-order valence-electron chi connectivity index (χ0n) is 10.6. The number of rotatable bonds is 5. The van der Waals surface area contributed by atoms with Gasteiger partial charge in [-0.2, -0.15) is 0 Å². The van der Waals surface area contributed by atoms with Crippen molar-refractivity contribution in [2.45, 2.75) is 45.0 Å². The fraction of sp³-hybridized carbons (Fsp3) is 1.00. The van der Waals surface area contributed by atoms with Crippen LogP contribution in [-0.2, 0) is 9.47 Å². The number of methoxy groups -OCH3 is 2. The fourth-order valence-corrected chi connectivity index (χ4v) is 2.60. The zero-order chi connectivity index (χ0) is 12.2. The number of hydrogen-bond donors (Lipinski definition) is 2. The molecule has 0 amide bonds. The summed E-state index contributed by atoms with van der Waals surface area (Å²) in [4.78, 5) is 0. The van der Waals surface area contributed by atoms with E-state index in [0.29, 0.717) is 6.54 Å². The molecule has 0 saturated heterocycles. The molecule has 96 valence electrons. The van der Waals surface area contributed by atoms with Gasteiger partial charge in [0, 0.05) is 26.2 Å². The predicted molar refractivity (Wildman–Crippen MR) is 62.9 cm³/mol. The van der Waals surface area contributed by atoms with Gasteiger partial charge in [0.2, 0.25) is 0 Å². The van der Waals surface area contributed by atoms with Crippen LogP contribution >= 0.6 is 0 Å². The van der Waals surface area contributed by atoms with Crippen LogP contribution in [0, 0.1) is 11.3 Å². The normalized spacial score (nSPS) is 33.0. The molecular weight excluding hydrogens is 206 g/mol. The molecule has 4 nitrogen and oxygen atoms in total. The van der Waals surface area contributed by atoms with Gasteiger partial charge in [0.25, 0.3) is 0 Å². The van der Waals surface area contributed by atoms with Gasteiger partial charge in [-0.05, 0) is 18.8 Å². The molecule has 0 spiro atoms. The Morgan fingerprint density at radius 2 is 1.81 bits per heavy atom. The van der Waals surface area contributed by atoms with Crippen molar-refractivity contribution in [3.8, 4) is 0 Å². The second-order valence-electron chi connectivity index (χ2n) is 5.03. The van der Waals surface area contributed by atoms with E-state index in [1.165, 1.54) is 0 Å². The number of aliphatic hydroxyl groups excluding tert-OH is 1. The first-order chi connectivity index (χ1) is 7.59. The third-order valence-electron chi connectivity index (χ3n) is 4.03. The van der Waals surface area contributed by atoms with E-state index in [4.69, 9.17) is 15.2 Å². The number of ether oxygens (including phenoxy) is 2. The predicted octanol–water partition coefficient (Wildman–Crippen LogP) is 1.12. The molecule has 0 aliphatic heterocycles. The van der Waals surface area contributed by atoms with Crippen LogP contribution in [0.15, 0.2) is 0 Å². The maximum Gasteiger partial charge on any atom is 0.183 e. The Balaban J connectivity index is 2.71. The highest BCUT2D eigenvalue weighted by atomic mass is 16.7. The van der Waals surface area contributed by atoms with Crippen LogP contribution < -0.4 is 5.73 Å². The smallest absolute Gasteiger partial charge is 0.183 e. The van der Waals surface area contributed by atoms with Crippen molar-refractivity contribution in [3.05, 3.63) is 0 Å². The lowest BCUT2D eigenvalue weighted by Crippen LogP contribution is -2.50. The minimum atomic E-state index is -0.639. The van der Waals surface area contributed by atoms with E-state index in [1.54, 1.807) is 14.2 Å². The Morgan fingerprint density at radius 3 is 2.19 bits per heavy atom. The molecule has 1 fully saturated rings. The lowest BCUT2D eigenvalue weighted by atomic mass is 9.67. The molecule has 0 heterocycles. The summed E-state index contributed by atoms with van der Waals surface area (Å²) in [5, 5.41) is 10.3. The summed E-state index contributed by atoms with van der Waals surface area (Å²) in [6, 6.07) is 0. The van der Waals surface area contributed by atoms with Crippen molar-refractivity contribution in [2.24, 2.45) is 17.1 Å². The molecule has 1 rings (SSSR count). The van der Waals surface area contributed by atoms with Crippen LogP contribution in [0.5, 0.6) is 0 Å². The molecule has 16 heavy (non-hydrogen) atoms. The summed E-state index contributed by atoms with van der Waals surface area (Å²) in [5.74, 6) is 0.732. The van der Waals surface area contributed by atoms with Crippen molar-refractivity contribution in [1.29, 1.82) is 0 Å². The molecule has 3 N–H and O–H groups in total. The van der Waals surface area contributed by atoms with Crippen molar-refractivity contribution >= 4 is 0 Å². The lowest BCUT2D eigenvalue weighted by molar-refractivity contribution is -0.203. The molecule has 1 atom stereocenters. The van der Waals surface area contributed by atoms with Gasteiger partial charge in [-0.15, -0.1) is 0 Å². The molecular formula is C12H25NO3. The van der Waals surface area contributed by atoms with Gasteiger partial charge in [-0.1, -0.05) is 19.8 Å². The van der Waals surface area contributed by atoms with Crippen LogP contribution in [0.2, 0.25) is 0 Å². The molecule has 1 unspecified atom stereocenters. The second kappa shape index (κ2) is 5.96. The van der Waals surface area contributed by atoms with Crippen molar-refractivity contribution in [3.63, 3.8) is 0 Å². The third kappa shape index (κ3) is 2.74. The molecule has 1 aliphatic carbocycles. The van der Waals surface area contributed by atoms with Crippen LogP contribution in [0.4, 0.5) is 0 Å². The topological polar surface area (TPSA) is 64.7 Å². The average Bonchev–Trinajstić information content (AvgIpc) is 2.32. The van der Waals surface area contributed by atoms with E-state index in [-0.39, 0.29) is 5.41 Å². The average molecular weight is 231 g/mol. The quantitative estimate of drug-likeness (QED) is 0.696. The minimum absolute atomic E-state index is 0.233. The molecule has 4 heteroatoms. The molecule has 0 aromatic heterocycles. The van der Waals surface area contributed by atoms with E-state index >= 15 is 0 Å². The highest BCUT2D eigenvalue weighted by Gasteiger charge is 2.43. The monoisotopic (exact) mass is 231 g/mol. The summed E-state index contributed by atoms with van der Waals surface area (Å²) in [6.07, 6.45) is 2.93. The molecule has 0 aromatic rings. The number of aliphatic hydroxyl groups is 1. The third-order valence-corrected chi connectivity index (χ3v) is 4.03. The van der Waals surface area contributed by atoms with E-state index < -0.39 is 12.4 Å². The first-order valence-electron chi connectivity index (χ1n) is 6.03. The SMILES string of the molecule is COC(OC)C(O)C1(CN)CCC(C)CC1. The summed E-state index contributed by atoms with van der Waals surface area (Å²) in [5.41, 5.74) is 5.63. The summed E-state index contributed by atoms with van der Waals surface area (Å²) in [7, 11) is 3.10. The fourth-order valence-electron chi connectivity index (χ4n) is 2.60. The van der Waals surface area contributed by atoms with Gasteiger partial charge >= 0.3 is 0 Å². The van der Waals surface area contributed by atoms with Gasteiger partial charge < -0.3 is 20.3 Å². The molecule has 0 aromatic carbocycles. The molecule has 0 radical (unpaired) electrons. The molecule has 1 saturated carbocycles. The Hall–Kier alpha value is -0.160. The van der Waals surface area contributed by atoms with Crippen LogP contribution in [0.1, 0.15) is 32.6 Å². The zero-order valence-corrected chi connectivity index (χ0v) is 10.6. The first-order valence-corrected chi connectivity index (χ1v) is 6.03. The molecule has 0 bridgehead atoms. The number of nitrogens with two attached hydrogens (primary N) is 1. The maximum atomic E-state index is 10.3. The minimum Gasteiger partial charge on any atom is -0.387 e. The Bertz CT molecular complexity index is 198. The van der Waals surface area contributed by atoms with E-state index in [9.17, 15) is 5.11 Å². The van der Waals surface area contributed by atoms with Crippen LogP contribution in [-0.4, -0.2) is 38.3 Å². The van der Waals surface area contributed by atoms with Gasteiger partial charge in [-0.25, -0.2) is 0 Å². The van der Waals surface area contributed by atoms with E-state index in [1.807, 2.05) is 0 Å². The maximum absolute atomic E-state index is 10.3. The summed E-state index contributed by atoms with van der Waals surface area (Å²) >= 11 is 0. The van der Waals surface area contributed by atoms with Crippen LogP contribution in [0.3, 0.4) is 0 Å². The van der Waals surface area contributed by atoms with Gasteiger partial charge in [-0.3, -0.25) is 0 Å². The number of hydrogen-bond acceptors (Lipinski definition) is 4. The molecule has 1 aliphatic rings. The van der Waals surface area contributed by atoms with Gasteiger partial charge in [0.1, 0.15) is 6.10 Å². The first kappa shape index (κ1) is 13.9.